The lowest BCUT2D eigenvalue weighted by atomic mass is 10.1. The number of hydrogen-bond acceptors (Lipinski definition) is 6. The number of nitrogens with zero attached hydrogens (tertiary/aromatic N) is 2. The minimum Gasteiger partial charge on any atom is -0.497 e. The summed E-state index contributed by atoms with van der Waals surface area (Å²) in [6, 6.07) is 16.3. The minimum absolute atomic E-state index is 0.106. The Labute approximate surface area is 178 Å². The maximum atomic E-state index is 12.4. The van der Waals surface area contributed by atoms with Crippen molar-refractivity contribution in [2.75, 3.05) is 12.4 Å². The zero-order valence-electron chi connectivity index (χ0n) is 16.7. The van der Waals surface area contributed by atoms with Crippen molar-refractivity contribution in [1.82, 2.24) is 15.2 Å². The molecule has 2 aromatic heterocycles. The van der Waals surface area contributed by atoms with E-state index >= 15 is 0 Å². The Hall–Kier alpha value is -4.33. The van der Waals surface area contributed by atoms with Gasteiger partial charge in [0, 0.05) is 18.0 Å². The summed E-state index contributed by atoms with van der Waals surface area (Å²) in [4.78, 5) is 16.5. The molecule has 31 heavy (non-hydrogen) atoms. The monoisotopic (exact) mass is 416 g/mol. The molecule has 0 unspecified atom stereocenters. The third-order valence-corrected chi connectivity index (χ3v) is 4.42. The maximum Gasteiger partial charge on any atom is 0.412 e. The van der Waals surface area contributed by atoms with Crippen molar-refractivity contribution in [3.63, 3.8) is 0 Å². The highest BCUT2D eigenvalue weighted by atomic mass is 16.5. The summed E-state index contributed by atoms with van der Waals surface area (Å²) in [6.45, 7) is 0.106. The van der Waals surface area contributed by atoms with Crippen LogP contribution in [0.5, 0.6) is 17.2 Å². The fourth-order valence-electron chi connectivity index (χ4n) is 2.89. The van der Waals surface area contributed by atoms with Crippen LogP contribution in [0.4, 0.5) is 10.5 Å². The van der Waals surface area contributed by atoms with E-state index in [1.54, 1.807) is 50.1 Å². The lowest BCUT2D eigenvalue weighted by Gasteiger charge is -2.14. The van der Waals surface area contributed by atoms with Crippen LogP contribution < -0.4 is 14.8 Å². The first-order valence-electron chi connectivity index (χ1n) is 9.49. The molecule has 0 fully saturated rings. The quantitative estimate of drug-likeness (QED) is 0.439. The topological polar surface area (TPSA) is 98.4 Å². The second-order valence-corrected chi connectivity index (χ2v) is 6.54. The first-order chi connectivity index (χ1) is 15.2. The van der Waals surface area contributed by atoms with Crippen molar-refractivity contribution in [2.24, 2.45) is 0 Å². The molecule has 0 aliphatic carbocycles. The van der Waals surface area contributed by atoms with E-state index in [0.29, 0.717) is 22.9 Å². The van der Waals surface area contributed by atoms with Gasteiger partial charge >= 0.3 is 6.09 Å². The summed E-state index contributed by atoms with van der Waals surface area (Å²) in [5.74, 6) is 1.69. The third-order valence-electron chi connectivity index (χ3n) is 4.42. The number of benzene rings is 2. The largest absolute Gasteiger partial charge is 0.497 e. The van der Waals surface area contributed by atoms with Crippen LogP contribution in [-0.2, 0) is 11.3 Å². The zero-order valence-corrected chi connectivity index (χ0v) is 16.7. The fourth-order valence-corrected chi connectivity index (χ4v) is 2.89. The number of aromatic amines is 1. The molecule has 0 atom stereocenters. The van der Waals surface area contributed by atoms with Crippen molar-refractivity contribution in [3.8, 4) is 28.4 Å². The summed E-state index contributed by atoms with van der Waals surface area (Å²) < 4.78 is 16.5. The Morgan fingerprint density at radius 1 is 1.03 bits per heavy atom. The molecular formula is C23H20N4O4. The number of pyridine rings is 1. The van der Waals surface area contributed by atoms with Gasteiger partial charge in [-0.15, -0.1) is 0 Å². The fraction of sp³-hybridized carbons (Fsp3) is 0.0870. The molecule has 8 nitrogen and oxygen atoms in total. The van der Waals surface area contributed by atoms with E-state index in [2.05, 4.69) is 20.5 Å². The van der Waals surface area contributed by atoms with Gasteiger partial charge in [0.15, 0.2) is 5.75 Å². The van der Waals surface area contributed by atoms with Crippen LogP contribution in [0.3, 0.4) is 0 Å². The van der Waals surface area contributed by atoms with Crippen molar-refractivity contribution in [2.45, 2.75) is 6.61 Å². The van der Waals surface area contributed by atoms with Gasteiger partial charge in [-0.3, -0.25) is 15.4 Å². The van der Waals surface area contributed by atoms with Gasteiger partial charge in [0.1, 0.15) is 18.1 Å². The molecule has 0 saturated carbocycles. The highest BCUT2D eigenvalue weighted by molar-refractivity contribution is 5.88. The molecule has 1 amide bonds. The van der Waals surface area contributed by atoms with Crippen LogP contribution in [0, 0.1) is 0 Å². The average molecular weight is 416 g/mol. The van der Waals surface area contributed by atoms with Crippen LogP contribution in [0.2, 0.25) is 0 Å². The Morgan fingerprint density at radius 3 is 2.71 bits per heavy atom. The predicted molar refractivity (Wildman–Crippen MR) is 115 cm³/mol. The van der Waals surface area contributed by atoms with E-state index in [9.17, 15) is 4.79 Å². The summed E-state index contributed by atoms with van der Waals surface area (Å²) in [5, 5.41) is 9.50. The van der Waals surface area contributed by atoms with Crippen LogP contribution >= 0.6 is 0 Å². The summed E-state index contributed by atoms with van der Waals surface area (Å²) in [7, 11) is 1.59. The molecule has 0 aliphatic rings. The number of rotatable bonds is 7. The SMILES string of the molecule is COc1cccc(COC(=O)Nc2ccc(-c3cn[nH]c3)cc2Oc2cccnc2)c1. The van der Waals surface area contributed by atoms with E-state index in [1.807, 2.05) is 36.4 Å². The molecule has 4 aromatic rings. The van der Waals surface area contributed by atoms with Gasteiger partial charge in [0.2, 0.25) is 0 Å². The van der Waals surface area contributed by atoms with Gasteiger partial charge in [-0.05, 0) is 47.5 Å². The van der Waals surface area contributed by atoms with Crippen LogP contribution in [-0.4, -0.2) is 28.4 Å². The van der Waals surface area contributed by atoms with E-state index in [1.165, 1.54) is 0 Å². The van der Waals surface area contributed by atoms with Crippen molar-refractivity contribution >= 4 is 11.8 Å². The number of amides is 1. The Balaban J connectivity index is 1.51. The minimum atomic E-state index is -0.602. The molecular weight excluding hydrogens is 396 g/mol. The molecule has 2 aromatic carbocycles. The van der Waals surface area contributed by atoms with Gasteiger partial charge in [0.25, 0.3) is 0 Å². The highest BCUT2D eigenvalue weighted by Gasteiger charge is 2.13. The molecule has 0 aliphatic heterocycles. The Bertz CT molecular complexity index is 1150. The lowest BCUT2D eigenvalue weighted by molar-refractivity contribution is 0.155. The van der Waals surface area contributed by atoms with Gasteiger partial charge in [-0.1, -0.05) is 18.2 Å². The van der Waals surface area contributed by atoms with Gasteiger partial charge < -0.3 is 14.2 Å². The Kier molecular flexibility index (Phi) is 6.08. The first-order valence-corrected chi connectivity index (χ1v) is 9.49. The van der Waals surface area contributed by atoms with Crippen LogP contribution in [0.1, 0.15) is 5.56 Å². The highest BCUT2D eigenvalue weighted by Crippen LogP contribution is 2.34. The van der Waals surface area contributed by atoms with Crippen molar-refractivity contribution < 1.29 is 19.0 Å². The van der Waals surface area contributed by atoms with E-state index in [0.717, 1.165) is 16.7 Å². The van der Waals surface area contributed by atoms with Crippen molar-refractivity contribution in [1.29, 1.82) is 0 Å². The number of methoxy groups -OCH3 is 1. The molecule has 156 valence electrons. The number of carbonyl (C=O) groups is 1. The average Bonchev–Trinajstić information content (AvgIpc) is 3.35. The second kappa shape index (κ2) is 9.45. The number of ether oxygens (including phenoxy) is 3. The molecule has 8 heteroatoms. The number of carbonyl (C=O) groups excluding carboxylic acids is 1. The lowest BCUT2D eigenvalue weighted by Crippen LogP contribution is -2.14. The van der Waals surface area contributed by atoms with Gasteiger partial charge in [-0.2, -0.15) is 5.10 Å². The smallest absolute Gasteiger partial charge is 0.412 e. The zero-order chi connectivity index (χ0) is 21.5. The molecule has 0 bridgehead atoms. The van der Waals surface area contributed by atoms with E-state index < -0.39 is 6.09 Å². The third kappa shape index (κ3) is 5.18. The maximum absolute atomic E-state index is 12.4. The van der Waals surface area contributed by atoms with Gasteiger partial charge in [0.05, 0.1) is 25.2 Å². The normalized spacial score (nSPS) is 10.4. The number of hydrogen-bond donors (Lipinski definition) is 2. The van der Waals surface area contributed by atoms with Gasteiger partial charge in [-0.25, -0.2) is 4.79 Å². The molecule has 2 N–H and O–H groups in total. The number of H-pyrrole nitrogens is 1. The standard InChI is InChI=1S/C23H20N4O4/c1-29-19-5-2-4-16(10-19)15-30-23(28)27-21-8-7-17(18-12-25-26-13-18)11-22(21)31-20-6-3-9-24-14-20/h2-14H,15H2,1H3,(H,25,26)(H,27,28). The number of aromatic nitrogens is 3. The molecule has 4 rings (SSSR count). The number of anilines is 1. The van der Waals surface area contributed by atoms with E-state index in [-0.39, 0.29) is 6.61 Å². The van der Waals surface area contributed by atoms with Crippen LogP contribution in [0.15, 0.2) is 79.4 Å². The summed E-state index contributed by atoms with van der Waals surface area (Å²) in [5.41, 5.74) is 3.05. The Morgan fingerprint density at radius 2 is 1.94 bits per heavy atom. The summed E-state index contributed by atoms with van der Waals surface area (Å²) >= 11 is 0. The second-order valence-electron chi connectivity index (χ2n) is 6.54. The van der Waals surface area contributed by atoms with Crippen molar-refractivity contribution in [3.05, 3.63) is 84.9 Å². The molecule has 0 radical (unpaired) electrons. The molecule has 2 heterocycles. The summed E-state index contributed by atoms with van der Waals surface area (Å²) in [6.07, 6.45) is 6.13. The molecule has 0 spiro atoms. The molecule has 0 saturated heterocycles. The van der Waals surface area contributed by atoms with Crippen LogP contribution in [0.25, 0.3) is 11.1 Å². The first kappa shape index (κ1) is 20.0. The number of nitrogens with one attached hydrogen (secondary N) is 2. The predicted octanol–water partition coefficient (Wildman–Crippen LogP) is 5.02. The van der Waals surface area contributed by atoms with E-state index in [4.69, 9.17) is 14.2 Å².